The molecule has 2 aromatic rings. The van der Waals surface area contributed by atoms with Crippen molar-refractivity contribution in [2.24, 2.45) is 5.16 Å². The Morgan fingerprint density at radius 2 is 2.12 bits per heavy atom. The first-order valence-electron chi connectivity index (χ1n) is 8.75. The van der Waals surface area contributed by atoms with Crippen molar-refractivity contribution in [3.63, 3.8) is 0 Å². The molecule has 2 heterocycles. The first-order chi connectivity index (χ1) is 12.3. The second-order valence-electron chi connectivity index (χ2n) is 6.37. The van der Waals surface area contributed by atoms with Crippen LogP contribution in [0.4, 0.5) is 0 Å². The highest BCUT2D eigenvalue weighted by Gasteiger charge is 2.22. The number of aromatic nitrogens is 1. The molecule has 4 nitrogen and oxygen atoms in total. The van der Waals surface area contributed by atoms with E-state index in [2.05, 4.69) is 27.2 Å². The first kappa shape index (κ1) is 17.9. The van der Waals surface area contributed by atoms with E-state index in [1.54, 1.807) is 7.11 Å². The first-order valence-corrected chi connectivity index (χ1v) is 9.13. The third-order valence-corrected chi connectivity index (χ3v) is 4.91. The van der Waals surface area contributed by atoms with Gasteiger partial charge in [0, 0.05) is 42.3 Å². The Hall–Kier alpha value is -1.91. The van der Waals surface area contributed by atoms with Gasteiger partial charge >= 0.3 is 0 Å². The van der Waals surface area contributed by atoms with E-state index in [1.165, 1.54) is 18.5 Å². The predicted octanol–water partition coefficient (Wildman–Crippen LogP) is 4.36. The van der Waals surface area contributed by atoms with Crippen LogP contribution in [-0.4, -0.2) is 42.3 Å². The number of oxime groups is 1. The Morgan fingerprint density at radius 3 is 2.84 bits per heavy atom. The van der Waals surface area contributed by atoms with E-state index in [9.17, 15) is 0 Å². The molecule has 1 aliphatic rings. The second-order valence-corrected chi connectivity index (χ2v) is 6.81. The minimum Gasteiger partial charge on any atom is -0.399 e. The van der Waals surface area contributed by atoms with Crippen LogP contribution in [-0.2, 0) is 4.84 Å². The summed E-state index contributed by atoms with van der Waals surface area (Å²) in [6, 6.07) is 14.0. The number of pyridine rings is 1. The zero-order valence-corrected chi connectivity index (χ0v) is 15.3. The van der Waals surface area contributed by atoms with E-state index in [0.29, 0.717) is 5.92 Å². The zero-order chi connectivity index (χ0) is 17.5. The highest BCUT2D eigenvalue weighted by atomic mass is 35.5. The second kappa shape index (κ2) is 8.97. The molecule has 0 spiro atoms. The molecular weight excluding hydrogens is 334 g/mol. The van der Waals surface area contributed by atoms with Crippen LogP contribution in [0.15, 0.2) is 53.8 Å². The third-order valence-electron chi connectivity index (χ3n) is 4.66. The summed E-state index contributed by atoms with van der Waals surface area (Å²) >= 11 is 5.98. The Bertz CT molecular complexity index is 688. The summed E-state index contributed by atoms with van der Waals surface area (Å²) in [6.07, 6.45) is 5.16. The van der Waals surface area contributed by atoms with Crippen LogP contribution < -0.4 is 0 Å². The number of halogens is 1. The fourth-order valence-electron chi connectivity index (χ4n) is 3.38. The van der Waals surface area contributed by atoms with Crippen molar-refractivity contribution >= 4 is 17.3 Å². The van der Waals surface area contributed by atoms with Crippen molar-refractivity contribution in [3.05, 3.63) is 64.9 Å². The summed E-state index contributed by atoms with van der Waals surface area (Å²) in [4.78, 5) is 12.1. The highest BCUT2D eigenvalue weighted by molar-refractivity contribution is 6.30. The normalized spacial score (nSPS) is 19.0. The smallest absolute Gasteiger partial charge is 0.106 e. The van der Waals surface area contributed by atoms with Crippen molar-refractivity contribution in [2.75, 3.05) is 26.7 Å². The summed E-state index contributed by atoms with van der Waals surface area (Å²) in [5.74, 6) is 0.522. The van der Waals surface area contributed by atoms with Gasteiger partial charge < -0.3 is 9.74 Å². The Kier molecular flexibility index (Phi) is 6.42. The molecule has 1 unspecified atom stereocenters. The van der Waals surface area contributed by atoms with Crippen LogP contribution in [0.3, 0.4) is 0 Å². The number of piperidine rings is 1. The lowest BCUT2D eigenvalue weighted by molar-refractivity contribution is 0.203. The van der Waals surface area contributed by atoms with Crippen LogP contribution in [0.5, 0.6) is 0 Å². The highest BCUT2D eigenvalue weighted by Crippen LogP contribution is 2.25. The molecule has 132 valence electrons. The van der Waals surface area contributed by atoms with Gasteiger partial charge in [0.15, 0.2) is 0 Å². The van der Waals surface area contributed by atoms with Crippen molar-refractivity contribution < 1.29 is 4.84 Å². The van der Waals surface area contributed by atoms with E-state index in [4.69, 9.17) is 16.4 Å². The van der Waals surface area contributed by atoms with Gasteiger partial charge in [0.1, 0.15) is 7.11 Å². The van der Waals surface area contributed by atoms with Crippen LogP contribution in [0, 0.1) is 0 Å². The zero-order valence-electron chi connectivity index (χ0n) is 14.6. The summed E-state index contributed by atoms with van der Waals surface area (Å²) in [6.45, 7) is 3.15. The lowest BCUT2D eigenvalue weighted by Gasteiger charge is -2.32. The molecule has 0 N–H and O–H groups in total. The number of benzene rings is 1. The summed E-state index contributed by atoms with van der Waals surface area (Å²) in [7, 11) is 1.59. The fourth-order valence-corrected chi connectivity index (χ4v) is 3.50. The van der Waals surface area contributed by atoms with Gasteiger partial charge in [0.2, 0.25) is 0 Å². The minimum absolute atomic E-state index is 0.522. The molecule has 1 saturated heterocycles. The van der Waals surface area contributed by atoms with E-state index < -0.39 is 0 Å². The predicted molar refractivity (Wildman–Crippen MR) is 102 cm³/mol. The van der Waals surface area contributed by atoms with E-state index in [1.807, 2.05) is 36.5 Å². The minimum atomic E-state index is 0.522. The maximum absolute atomic E-state index is 5.98. The van der Waals surface area contributed by atoms with Gasteiger partial charge in [-0.05, 0) is 49.2 Å². The Balaban J connectivity index is 1.61. The molecule has 3 rings (SSSR count). The van der Waals surface area contributed by atoms with Crippen LogP contribution >= 0.6 is 11.6 Å². The lowest BCUT2D eigenvalue weighted by atomic mass is 9.94. The molecule has 1 fully saturated rings. The molecule has 25 heavy (non-hydrogen) atoms. The van der Waals surface area contributed by atoms with Crippen LogP contribution in [0.1, 0.15) is 36.4 Å². The molecule has 1 aliphatic heterocycles. The monoisotopic (exact) mass is 357 g/mol. The molecule has 0 bridgehead atoms. The number of nitrogens with zero attached hydrogens (tertiary/aromatic N) is 3. The van der Waals surface area contributed by atoms with Crippen molar-refractivity contribution in [3.8, 4) is 0 Å². The average Bonchev–Trinajstić information content (AvgIpc) is 2.67. The Labute approximate surface area is 154 Å². The number of hydrogen-bond donors (Lipinski definition) is 0. The van der Waals surface area contributed by atoms with Crippen molar-refractivity contribution in [1.29, 1.82) is 0 Å². The van der Waals surface area contributed by atoms with Gasteiger partial charge in [0.25, 0.3) is 0 Å². The van der Waals surface area contributed by atoms with Crippen molar-refractivity contribution in [2.45, 2.75) is 25.2 Å². The SMILES string of the molecule is CO/N=C(\CCN1CCCC(c2ccccn2)C1)c1ccc(Cl)cc1. The molecule has 1 aromatic heterocycles. The largest absolute Gasteiger partial charge is 0.399 e. The molecule has 5 heteroatoms. The molecule has 1 aromatic carbocycles. The maximum atomic E-state index is 5.98. The molecular formula is C20H24ClN3O. The van der Waals surface area contributed by atoms with Gasteiger partial charge in [-0.25, -0.2) is 0 Å². The van der Waals surface area contributed by atoms with Gasteiger partial charge in [-0.3, -0.25) is 4.98 Å². The third kappa shape index (κ3) is 5.03. The average molecular weight is 358 g/mol. The standard InChI is InChI=1S/C20H24ClN3O/c1-25-23-20(16-7-9-18(21)10-8-16)11-14-24-13-4-5-17(15-24)19-6-2-3-12-22-19/h2-3,6-10,12,17H,4-5,11,13-15H2,1H3/b23-20+. The maximum Gasteiger partial charge on any atom is 0.106 e. The number of hydrogen-bond acceptors (Lipinski definition) is 4. The summed E-state index contributed by atoms with van der Waals surface area (Å²) in [5, 5.41) is 4.95. The van der Waals surface area contributed by atoms with Crippen molar-refractivity contribution in [1.82, 2.24) is 9.88 Å². The quantitative estimate of drug-likeness (QED) is 0.569. The molecule has 1 atom stereocenters. The molecule has 0 saturated carbocycles. The topological polar surface area (TPSA) is 37.7 Å². The lowest BCUT2D eigenvalue weighted by Crippen LogP contribution is -2.36. The van der Waals surface area contributed by atoms with E-state index in [-0.39, 0.29) is 0 Å². The Morgan fingerprint density at radius 1 is 1.28 bits per heavy atom. The summed E-state index contributed by atoms with van der Waals surface area (Å²) in [5.41, 5.74) is 3.22. The molecule has 0 aliphatic carbocycles. The van der Waals surface area contributed by atoms with Gasteiger partial charge in [-0.1, -0.05) is 35.0 Å². The van der Waals surface area contributed by atoms with E-state index in [0.717, 1.165) is 42.4 Å². The van der Waals surface area contributed by atoms with Gasteiger partial charge in [-0.2, -0.15) is 0 Å². The fraction of sp³-hybridized carbons (Fsp3) is 0.400. The van der Waals surface area contributed by atoms with Crippen LogP contribution in [0.25, 0.3) is 0 Å². The summed E-state index contributed by atoms with van der Waals surface area (Å²) < 4.78 is 0. The van der Waals surface area contributed by atoms with Gasteiger partial charge in [-0.15, -0.1) is 0 Å². The number of likely N-dealkylation sites (tertiary alicyclic amines) is 1. The molecule has 0 amide bonds. The molecule has 0 radical (unpaired) electrons. The van der Waals surface area contributed by atoms with Crippen LogP contribution in [0.2, 0.25) is 5.02 Å². The van der Waals surface area contributed by atoms with E-state index >= 15 is 0 Å². The van der Waals surface area contributed by atoms with Gasteiger partial charge in [0.05, 0.1) is 5.71 Å². The number of rotatable bonds is 6.